The summed E-state index contributed by atoms with van der Waals surface area (Å²) in [5, 5.41) is 6.62. The summed E-state index contributed by atoms with van der Waals surface area (Å²) in [5.41, 5.74) is 0.0249. The minimum absolute atomic E-state index is 0.0249. The summed E-state index contributed by atoms with van der Waals surface area (Å²) in [6.07, 6.45) is 0. The van der Waals surface area contributed by atoms with Gasteiger partial charge in [0.1, 0.15) is 17.7 Å². The molecule has 14 heavy (non-hydrogen) atoms. The van der Waals surface area contributed by atoms with Gasteiger partial charge >= 0.3 is 0 Å². The van der Waals surface area contributed by atoms with Crippen molar-refractivity contribution in [3.8, 4) is 0 Å². The maximum atomic E-state index is 10.8. The molecule has 0 aliphatic heterocycles. The van der Waals surface area contributed by atoms with Gasteiger partial charge in [0.25, 0.3) is 10.1 Å². The van der Waals surface area contributed by atoms with Gasteiger partial charge in [0, 0.05) is 5.28 Å². The summed E-state index contributed by atoms with van der Waals surface area (Å²) in [7, 11) is -3.00. The van der Waals surface area contributed by atoms with Crippen LogP contribution in [0.1, 0.15) is 0 Å². The molecule has 1 rings (SSSR count). The summed E-state index contributed by atoms with van der Waals surface area (Å²) in [6.45, 7) is 0. The predicted molar refractivity (Wildman–Crippen MR) is 47.8 cm³/mol. The molecule has 0 aliphatic carbocycles. The van der Waals surface area contributed by atoms with E-state index >= 15 is 0 Å². The zero-order valence-electron chi connectivity index (χ0n) is 7.28. The first-order chi connectivity index (χ1) is 6.55. The Labute approximate surface area is 80.9 Å². The lowest BCUT2D eigenvalue weighted by atomic mass is 10.3. The van der Waals surface area contributed by atoms with Crippen LogP contribution >= 0.6 is 0 Å². The molecule has 0 saturated carbocycles. The second-order valence-corrected chi connectivity index (χ2v) is 3.70. The number of rotatable bonds is 3. The van der Waals surface area contributed by atoms with E-state index in [1.807, 2.05) is 0 Å². The lowest BCUT2D eigenvalue weighted by Crippen LogP contribution is -1.97. The highest BCUT2D eigenvalue weighted by Crippen LogP contribution is 2.23. The fourth-order valence-corrected chi connectivity index (χ4v) is 1.47. The maximum Gasteiger partial charge on any atom is 0.296 e. The summed E-state index contributed by atoms with van der Waals surface area (Å²) in [4.78, 5) is 3.99. The third-order valence-electron chi connectivity index (χ3n) is 1.37. The number of benzene rings is 1. The van der Waals surface area contributed by atoms with Crippen LogP contribution in [0.3, 0.4) is 0 Å². The average molecular weight is 216 g/mol. The van der Waals surface area contributed by atoms with Crippen LogP contribution in [0.2, 0.25) is 0 Å². The standard InChI is InChI=1S/C7H8N2O4S/c1-13-9-8-6-4-2-3-5-7(6)14(10,11)12/h2-5H,1H3,(H,10,11,12). The van der Waals surface area contributed by atoms with Crippen LogP contribution in [-0.2, 0) is 15.0 Å². The fourth-order valence-electron chi connectivity index (χ4n) is 0.843. The van der Waals surface area contributed by atoms with Crippen LogP contribution in [0.25, 0.3) is 0 Å². The third-order valence-corrected chi connectivity index (χ3v) is 2.27. The Kier molecular flexibility index (Phi) is 3.15. The number of hydrogen-bond donors (Lipinski definition) is 1. The predicted octanol–water partition coefficient (Wildman–Crippen LogP) is 1.58. The molecular formula is C7H8N2O4S. The van der Waals surface area contributed by atoms with Crippen LogP contribution in [-0.4, -0.2) is 20.1 Å². The van der Waals surface area contributed by atoms with E-state index < -0.39 is 10.1 Å². The molecule has 1 aromatic rings. The van der Waals surface area contributed by atoms with Crippen LogP contribution in [0.4, 0.5) is 5.69 Å². The molecule has 1 N–H and O–H groups in total. The molecule has 0 bridgehead atoms. The molecule has 0 aromatic heterocycles. The number of nitrogens with zero attached hydrogens (tertiary/aromatic N) is 2. The van der Waals surface area contributed by atoms with Gasteiger partial charge in [-0.2, -0.15) is 8.42 Å². The van der Waals surface area contributed by atoms with Crippen molar-refractivity contribution < 1.29 is 17.8 Å². The van der Waals surface area contributed by atoms with E-state index in [-0.39, 0.29) is 10.6 Å². The average Bonchev–Trinajstić information content (AvgIpc) is 2.14. The van der Waals surface area contributed by atoms with Crippen molar-refractivity contribution in [2.45, 2.75) is 4.90 Å². The third kappa shape index (κ3) is 2.51. The van der Waals surface area contributed by atoms with Crippen LogP contribution in [0.5, 0.6) is 0 Å². The molecule has 7 heteroatoms. The van der Waals surface area contributed by atoms with Gasteiger partial charge < -0.3 is 4.84 Å². The van der Waals surface area contributed by atoms with Gasteiger partial charge in [0.05, 0.1) is 0 Å². The topological polar surface area (TPSA) is 88.3 Å². The molecular weight excluding hydrogens is 208 g/mol. The molecule has 0 saturated heterocycles. The Morgan fingerprint density at radius 2 is 2.00 bits per heavy atom. The molecule has 0 unspecified atom stereocenters. The maximum absolute atomic E-state index is 10.8. The van der Waals surface area contributed by atoms with Crippen molar-refractivity contribution in [3.05, 3.63) is 24.3 Å². The van der Waals surface area contributed by atoms with Crippen LogP contribution < -0.4 is 0 Å². The van der Waals surface area contributed by atoms with Crippen molar-refractivity contribution in [1.29, 1.82) is 0 Å². The van der Waals surface area contributed by atoms with Gasteiger partial charge in [-0.25, -0.2) is 0 Å². The second-order valence-electron chi connectivity index (χ2n) is 2.31. The first-order valence-corrected chi connectivity index (χ1v) is 5.00. The van der Waals surface area contributed by atoms with E-state index in [1.54, 1.807) is 6.07 Å². The fraction of sp³-hybridized carbons (Fsp3) is 0.143. The summed E-state index contributed by atoms with van der Waals surface area (Å²) in [6, 6.07) is 5.65. The smallest absolute Gasteiger partial charge is 0.296 e. The quantitative estimate of drug-likeness (QED) is 0.472. The zero-order valence-corrected chi connectivity index (χ0v) is 8.10. The molecule has 0 amide bonds. The van der Waals surface area contributed by atoms with E-state index in [1.165, 1.54) is 25.3 Å². The largest absolute Gasteiger partial charge is 0.383 e. The Morgan fingerprint density at radius 3 is 2.57 bits per heavy atom. The van der Waals surface area contributed by atoms with Crippen molar-refractivity contribution in [3.63, 3.8) is 0 Å². The Hall–Kier alpha value is -1.47. The second kappa shape index (κ2) is 4.16. The minimum Gasteiger partial charge on any atom is -0.383 e. The van der Waals surface area contributed by atoms with Crippen molar-refractivity contribution in [1.82, 2.24) is 0 Å². The van der Waals surface area contributed by atoms with Crippen molar-refractivity contribution in [2.75, 3.05) is 7.11 Å². The first kappa shape index (κ1) is 10.6. The summed E-state index contributed by atoms with van der Waals surface area (Å²) >= 11 is 0. The summed E-state index contributed by atoms with van der Waals surface area (Å²) < 4.78 is 30.5. The van der Waals surface area contributed by atoms with E-state index in [0.717, 1.165) is 0 Å². The van der Waals surface area contributed by atoms with Gasteiger partial charge in [0.15, 0.2) is 0 Å². The van der Waals surface area contributed by atoms with Crippen molar-refractivity contribution in [2.24, 2.45) is 10.4 Å². The SMILES string of the molecule is CON=Nc1ccccc1S(=O)(=O)O. The zero-order chi connectivity index (χ0) is 10.6. The van der Waals surface area contributed by atoms with E-state index in [4.69, 9.17) is 4.55 Å². The summed E-state index contributed by atoms with van der Waals surface area (Å²) in [5.74, 6) is 0. The molecule has 0 aliphatic rings. The highest BCUT2D eigenvalue weighted by atomic mass is 32.2. The van der Waals surface area contributed by atoms with Crippen molar-refractivity contribution >= 4 is 15.8 Å². The van der Waals surface area contributed by atoms with E-state index in [0.29, 0.717) is 0 Å². The lowest BCUT2D eigenvalue weighted by molar-refractivity contribution is 0.190. The van der Waals surface area contributed by atoms with Gasteiger partial charge in [-0.1, -0.05) is 12.1 Å². The molecule has 0 heterocycles. The van der Waals surface area contributed by atoms with E-state index in [9.17, 15) is 8.42 Å². The Balaban J connectivity index is 3.24. The molecule has 1 aromatic carbocycles. The normalized spacial score (nSPS) is 11.9. The van der Waals surface area contributed by atoms with E-state index in [2.05, 4.69) is 15.2 Å². The molecule has 0 fully saturated rings. The van der Waals surface area contributed by atoms with Gasteiger partial charge in [-0.15, -0.1) is 5.11 Å². The molecule has 6 nitrogen and oxygen atoms in total. The number of hydrogen-bond acceptors (Lipinski definition) is 5. The first-order valence-electron chi connectivity index (χ1n) is 3.56. The monoisotopic (exact) mass is 216 g/mol. The van der Waals surface area contributed by atoms with Gasteiger partial charge in [0.2, 0.25) is 0 Å². The van der Waals surface area contributed by atoms with Gasteiger partial charge in [-0.3, -0.25) is 4.55 Å². The Morgan fingerprint density at radius 1 is 1.36 bits per heavy atom. The van der Waals surface area contributed by atoms with Crippen LogP contribution in [0, 0.1) is 0 Å². The lowest BCUT2D eigenvalue weighted by Gasteiger charge is -1.99. The Bertz CT molecular complexity index is 441. The molecule has 0 spiro atoms. The van der Waals surface area contributed by atoms with Gasteiger partial charge in [-0.05, 0) is 12.1 Å². The molecule has 76 valence electrons. The highest BCUT2D eigenvalue weighted by molar-refractivity contribution is 7.86. The van der Waals surface area contributed by atoms with Crippen LogP contribution in [0.15, 0.2) is 39.6 Å². The highest BCUT2D eigenvalue weighted by Gasteiger charge is 2.14. The minimum atomic E-state index is -4.27. The molecule has 0 radical (unpaired) electrons. The molecule has 0 atom stereocenters.